The summed E-state index contributed by atoms with van der Waals surface area (Å²) >= 11 is 6.11. The van der Waals surface area contributed by atoms with Gasteiger partial charge in [0.1, 0.15) is 5.41 Å². The number of rotatable bonds is 3. The lowest BCUT2D eigenvalue weighted by atomic mass is 9.76. The fourth-order valence-corrected chi connectivity index (χ4v) is 4.61. The van der Waals surface area contributed by atoms with Crippen molar-refractivity contribution < 1.29 is 14.4 Å². The summed E-state index contributed by atoms with van der Waals surface area (Å²) in [6.07, 6.45) is -0.936. The van der Waals surface area contributed by atoms with E-state index >= 15 is 0 Å². The minimum absolute atomic E-state index is 0.299. The molecule has 3 atom stereocenters. The highest BCUT2D eigenvalue weighted by Crippen LogP contribution is 2.55. The normalized spacial score (nSPS) is 25.7. The SMILES string of the molecule is C[C@]12C(=O)N(c3cccc(Cl)c3)C(=O)[C@@H]1ON(c1ccccc1)[C@@H]2c1ccccc1. The van der Waals surface area contributed by atoms with Gasteiger partial charge in [-0.2, -0.15) is 0 Å². The Morgan fingerprint density at radius 3 is 2.17 bits per heavy atom. The summed E-state index contributed by atoms with van der Waals surface area (Å²) in [6, 6.07) is 25.5. The number of imide groups is 1. The number of amides is 2. The highest BCUT2D eigenvalue weighted by molar-refractivity contribution is 6.31. The molecule has 6 heteroatoms. The topological polar surface area (TPSA) is 49.9 Å². The van der Waals surface area contributed by atoms with Crippen molar-refractivity contribution in [2.75, 3.05) is 9.96 Å². The molecule has 2 aliphatic heterocycles. The Hall–Kier alpha value is -3.15. The first kappa shape index (κ1) is 18.9. The number of anilines is 2. The predicted octanol–water partition coefficient (Wildman–Crippen LogP) is 4.78. The number of hydroxylamine groups is 1. The molecule has 2 saturated heterocycles. The summed E-state index contributed by atoms with van der Waals surface area (Å²) in [5.41, 5.74) is 1.04. The summed E-state index contributed by atoms with van der Waals surface area (Å²) in [5.74, 6) is -0.684. The van der Waals surface area contributed by atoms with Crippen molar-refractivity contribution in [3.05, 3.63) is 95.5 Å². The van der Waals surface area contributed by atoms with Crippen molar-refractivity contribution in [2.45, 2.75) is 19.1 Å². The van der Waals surface area contributed by atoms with Gasteiger partial charge in [-0.15, -0.1) is 0 Å². The first-order valence-electron chi connectivity index (χ1n) is 9.72. The van der Waals surface area contributed by atoms with Crippen LogP contribution in [0.1, 0.15) is 18.5 Å². The van der Waals surface area contributed by atoms with Crippen LogP contribution in [0, 0.1) is 5.41 Å². The Bertz CT molecular complexity index is 1120. The first-order valence-corrected chi connectivity index (χ1v) is 10.1. The highest BCUT2D eigenvalue weighted by atomic mass is 35.5. The summed E-state index contributed by atoms with van der Waals surface area (Å²) < 4.78 is 0. The minimum atomic E-state index is -1.10. The van der Waals surface area contributed by atoms with E-state index in [1.54, 1.807) is 29.3 Å². The second-order valence-corrected chi connectivity index (χ2v) is 8.14. The van der Waals surface area contributed by atoms with Gasteiger partial charge in [0.15, 0.2) is 6.10 Å². The van der Waals surface area contributed by atoms with E-state index in [1.807, 2.05) is 67.6 Å². The second kappa shape index (κ2) is 6.97. The van der Waals surface area contributed by atoms with Gasteiger partial charge in [0.2, 0.25) is 5.91 Å². The Morgan fingerprint density at radius 2 is 1.50 bits per heavy atom. The van der Waals surface area contributed by atoms with Crippen molar-refractivity contribution in [1.82, 2.24) is 0 Å². The number of fused-ring (bicyclic) bond motifs is 1. The average Bonchev–Trinajstić information content (AvgIpc) is 3.18. The zero-order valence-electron chi connectivity index (χ0n) is 16.2. The number of benzene rings is 3. The van der Waals surface area contributed by atoms with E-state index in [4.69, 9.17) is 16.4 Å². The molecule has 2 amide bonds. The summed E-state index contributed by atoms with van der Waals surface area (Å²) in [5, 5.41) is 2.16. The molecule has 0 unspecified atom stereocenters. The van der Waals surface area contributed by atoms with E-state index in [0.29, 0.717) is 10.7 Å². The third-order valence-electron chi connectivity index (χ3n) is 5.87. The largest absolute Gasteiger partial charge is 0.273 e. The van der Waals surface area contributed by atoms with E-state index in [2.05, 4.69) is 0 Å². The molecule has 0 bridgehead atoms. The molecule has 0 saturated carbocycles. The van der Waals surface area contributed by atoms with Crippen LogP contribution in [-0.4, -0.2) is 17.9 Å². The lowest BCUT2D eigenvalue weighted by Gasteiger charge is -2.32. The van der Waals surface area contributed by atoms with Gasteiger partial charge in [0.25, 0.3) is 5.91 Å². The van der Waals surface area contributed by atoms with Crippen LogP contribution in [0.2, 0.25) is 5.02 Å². The molecular weight excluding hydrogens is 400 g/mol. The fraction of sp³-hybridized carbons (Fsp3) is 0.167. The zero-order chi connectivity index (χ0) is 20.9. The number of hydrogen-bond acceptors (Lipinski definition) is 4. The van der Waals surface area contributed by atoms with Crippen LogP contribution >= 0.6 is 11.6 Å². The molecule has 0 N–H and O–H groups in total. The quantitative estimate of drug-likeness (QED) is 0.574. The molecule has 5 rings (SSSR count). The first-order chi connectivity index (χ1) is 14.5. The van der Waals surface area contributed by atoms with Crippen LogP contribution in [0.25, 0.3) is 0 Å². The van der Waals surface area contributed by atoms with E-state index < -0.39 is 17.6 Å². The van der Waals surface area contributed by atoms with Gasteiger partial charge >= 0.3 is 0 Å². The van der Waals surface area contributed by atoms with Gasteiger partial charge < -0.3 is 0 Å². The maximum absolute atomic E-state index is 13.7. The number of carbonyl (C=O) groups excluding carboxylic acids is 2. The molecule has 5 nitrogen and oxygen atoms in total. The molecule has 2 aliphatic rings. The van der Waals surface area contributed by atoms with E-state index in [1.165, 1.54) is 4.90 Å². The van der Waals surface area contributed by atoms with Crippen LogP contribution in [-0.2, 0) is 14.4 Å². The van der Waals surface area contributed by atoms with Crippen LogP contribution in [0.5, 0.6) is 0 Å². The van der Waals surface area contributed by atoms with Gasteiger partial charge in [-0.05, 0) is 42.8 Å². The van der Waals surface area contributed by atoms with Gasteiger partial charge in [-0.1, -0.05) is 66.2 Å². The van der Waals surface area contributed by atoms with E-state index in [0.717, 1.165) is 11.3 Å². The van der Waals surface area contributed by atoms with Crippen molar-refractivity contribution in [3.63, 3.8) is 0 Å². The summed E-state index contributed by atoms with van der Waals surface area (Å²) in [4.78, 5) is 34.5. The minimum Gasteiger partial charge on any atom is -0.273 e. The fourth-order valence-electron chi connectivity index (χ4n) is 4.42. The predicted molar refractivity (Wildman–Crippen MR) is 115 cm³/mol. The molecule has 2 fully saturated rings. The van der Waals surface area contributed by atoms with Gasteiger partial charge in [0, 0.05) is 5.02 Å². The molecule has 0 aromatic heterocycles. The number of para-hydroxylation sites is 1. The van der Waals surface area contributed by atoms with Crippen molar-refractivity contribution >= 4 is 34.8 Å². The number of hydrogen-bond donors (Lipinski definition) is 0. The van der Waals surface area contributed by atoms with Gasteiger partial charge in [-0.25, -0.2) is 9.96 Å². The second-order valence-electron chi connectivity index (χ2n) is 7.70. The standard InChI is InChI=1S/C24H19ClN2O3/c1-24-20(16-9-4-2-5-10-16)27(18-12-6-3-7-13-18)30-21(24)22(28)26(23(24)29)19-14-8-11-17(25)15-19/h2-15,20-21H,1H3/t20-,21+,24-/m1/s1. The molecule has 0 aliphatic carbocycles. The van der Waals surface area contributed by atoms with Gasteiger partial charge in [-0.3, -0.25) is 14.4 Å². The molecular formula is C24H19ClN2O3. The van der Waals surface area contributed by atoms with Crippen LogP contribution < -0.4 is 9.96 Å². The van der Waals surface area contributed by atoms with Crippen molar-refractivity contribution in [2.24, 2.45) is 5.41 Å². The molecule has 2 heterocycles. The monoisotopic (exact) mass is 418 g/mol. The zero-order valence-corrected chi connectivity index (χ0v) is 17.0. The lowest BCUT2D eigenvalue weighted by molar-refractivity contribution is -0.128. The molecule has 3 aromatic rings. The smallest absolute Gasteiger partial charge is 0.266 e. The Balaban J connectivity index is 1.64. The Labute approximate surface area is 179 Å². The lowest BCUT2D eigenvalue weighted by Crippen LogP contribution is -2.41. The van der Waals surface area contributed by atoms with Crippen LogP contribution in [0.4, 0.5) is 11.4 Å². The number of nitrogens with zero attached hydrogens (tertiary/aromatic N) is 2. The van der Waals surface area contributed by atoms with Crippen LogP contribution in [0.3, 0.4) is 0 Å². The Morgan fingerprint density at radius 1 is 0.867 bits per heavy atom. The summed E-state index contributed by atoms with van der Waals surface area (Å²) in [7, 11) is 0. The molecule has 3 aromatic carbocycles. The maximum Gasteiger partial charge on any atom is 0.266 e. The Kier molecular flexibility index (Phi) is 4.38. The maximum atomic E-state index is 13.7. The number of halogens is 1. The van der Waals surface area contributed by atoms with E-state index in [9.17, 15) is 9.59 Å². The molecule has 0 radical (unpaired) electrons. The molecule has 30 heavy (non-hydrogen) atoms. The highest BCUT2D eigenvalue weighted by Gasteiger charge is 2.68. The van der Waals surface area contributed by atoms with Crippen LogP contribution in [0.15, 0.2) is 84.9 Å². The van der Waals surface area contributed by atoms with Gasteiger partial charge in [0.05, 0.1) is 17.4 Å². The van der Waals surface area contributed by atoms with E-state index in [-0.39, 0.29) is 11.8 Å². The average molecular weight is 419 g/mol. The number of carbonyl (C=O) groups is 2. The van der Waals surface area contributed by atoms with Crippen molar-refractivity contribution in [3.8, 4) is 0 Å². The third kappa shape index (κ3) is 2.66. The summed E-state index contributed by atoms with van der Waals surface area (Å²) in [6.45, 7) is 1.81. The van der Waals surface area contributed by atoms with Crippen molar-refractivity contribution in [1.29, 1.82) is 0 Å². The molecule has 0 spiro atoms. The third-order valence-corrected chi connectivity index (χ3v) is 6.10. The molecule has 150 valence electrons.